The van der Waals surface area contributed by atoms with Gasteiger partial charge in [-0.25, -0.2) is 4.79 Å². The first-order chi connectivity index (χ1) is 9.56. The molecule has 0 saturated carbocycles. The lowest BCUT2D eigenvalue weighted by atomic mass is 10.0. The van der Waals surface area contributed by atoms with Gasteiger partial charge in [0.05, 0.1) is 12.2 Å². The van der Waals surface area contributed by atoms with Crippen molar-refractivity contribution in [2.75, 3.05) is 13.2 Å². The fraction of sp³-hybridized carbons (Fsp3) is 0.467. The average Bonchev–Trinajstić information content (AvgIpc) is 2.81. The van der Waals surface area contributed by atoms with Crippen LogP contribution in [0.2, 0.25) is 0 Å². The van der Waals surface area contributed by atoms with E-state index in [0.29, 0.717) is 30.9 Å². The number of carbonyl (C=O) groups excluding carboxylic acids is 1. The summed E-state index contributed by atoms with van der Waals surface area (Å²) in [4.78, 5) is 25.4. The highest BCUT2D eigenvalue weighted by atomic mass is 16.5. The molecule has 1 amide bonds. The number of benzene rings is 1. The van der Waals surface area contributed by atoms with Gasteiger partial charge in [0.25, 0.3) is 5.91 Å². The molecule has 1 heterocycles. The second-order valence-electron chi connectivity index (χ2n) is 4.98. The summed E-state index contributed by atoms with van der Waals surface area (Å²) in [5, 5.41) is 9.30. The molecule has 0 bridgehead atoms. The van der Waals surface area contributed by atoms with Crippen molar-refractivity contribution in [3.05, 3.63) is 29.8 Å². The zero-order valence-electron chi connectivity index (χ0n) is 11.7. The number of likely N-dealkylation sites (tertiary alicyclic amines) is 1. The van der Waals surface area contributed by atoms with E-state index in [1.807, 2.05) is 13.8 Å². The van der Waals surface area contributed by atoms with Gasteiger partial charge in [-0.05, 0) is 31.4 Å². The molecule has 1 N–H and O–H groups in total. The fourth-order valence-electron chi connectivity index (χ4n) is 2.63. The van der Waals surface area contributed by atoms with Crippen LogP contribution in [0.4, 0.5) is 0 Å². The molecule has 0 radical (unpaired) electrons. The summed E-state index contributed by atoms with van der Waals surface area (Å²) in [6.07, 6.45) is 0.708. The Labute approximate surface area is 118 Å². The van der Waals surface area contributed by atoms with Crippen molar-refractivity contribution < 1.29 is 19.4 Å². The first kappa shape index (κ1) is 14.4. The van der Waals surface area contributed by atoms with Crippen LogP contribution in [0.25, 0.3) is 0 Å². The zero-order chi connectivity index (χ0) is 14.7. The molecule has 2 rings (SSSR count). The number of hydrogen-bond donors (Lipinski definition) is 1. The first-order valence-corrected chi connectivity index (χ1v) is 6.81. The van der Waals surface area contributed by atoms with E-state index in [9.17, 15) is 14.7 Å². The van der Waals surface area contributed by atoms with Gasteiger partial charge in [0.2, 0.25) is 0 Å². The highest BCUT2D eigenvalue weighted by molar-refractivity contribution is 5.99. The molecule has 2 unspecified atom stereocenters. The number of ether oxygens (including phenoxy) is 1. The molecule has 1 fully saturated rings. The van der Waals surface area contributed by atoms with Crippen LogP contribution in [0.1, 0.15) is 30.6 Å². The maximum Gasteiger partial charge on any atom is 0.326 e. The van der Waals surface area contributed by atoms with Crippen molar-refractivity contribution in [2.24, 2.45) is 5.92 Å². The summed E-state index contributed by atoms with van der Waals surface area (Å²) in [6, 6.07) is 6.20. The Kier molecular flexibility index (Phi) is 4.27. The van der Waals surface area contributed by atoms with Crippen molar-refractivity contribution in [1.82, 2.24) is 4.90 Å². The van der Waals surface area contributed by atoms with E-state index >= 15 is 0 Å². The molecule has 0 spiro atoms. The lowest BCUT2D eigenvalue weighted by molar-refractivity contribution is -0.142. The van der Waals surface area contributed by atoms with Crippen LogP contribution in [-0.2, 0) is 4.79 Å². The molecule has 5 heteroatoms. The van der Waals surface area contributed by atoms with Crippen LogP contribution in [0, 0.1) is 5.92 Å². The van der Waals surface area contributed by atoms with Gasteiger partial charge in [-0.1, -0.05) is 19.1 Å². The highest BCUT2D eigenvalue weighted by Crippen LogP contribution is 2.28. The molecule has 5 nitrogen and oxygen atoms in total. The van der Waals surface area contributed by atoms with E-state index in [1.165, 1.54) is 4.90 Å². The largest absolute Gasteiger partial charge is 0.493 e. The highest BCUT2D eigenvalue weighted by Gasteiger charge is 2.40. The van der Waals surface area contributed by atoms with Gasteiger partial charge in [0, 0.05) is 6.54 Å². The Morgan fingerprint density at radius 1 is 1.40 bits per heavy atom. The number of hydrogen-bond acceptors (Lipinski definition) is 3. The van der Waals surface area contributed by atoms with Crippen LogP contribution >= 0.6 is 0 Å². The SMILES string of the molecule is CCOc1ccccc1C(=O)N1CCC(C)C1C(=O)O. The number of rotatable bonds is 4. The Hall–Kier alpha value is -2.04. The topological polar surface area (TPSA) is 66.8 Å². The third-order valence-corrected chi connectivity index (χ3v) is 3.63. The second-order valence-corrected chi connectivity index (χ2v) is 4.98. The Bertz CT molecular complexity index is 514. The maximum absolute atomic E-state index is 12.6. The normalized spacial score (nSPS) is 21.8. The number of carboxylic acid groups (broad SMARTS) is 1. The van der Waals surface area contributed by atoms with Crippen LogP contribution in [0.3, 0.4) is 0 Å². The summed E-state index contributed by atoms with van der Waals surface area (Å²) in [5.41, 5.74) is 0.426. The zero-order valence-corrected chi connectivity index (χ0v) is 11.7. The molecule has 1 aromatic carbocycles. The molecule has 1 aliphatic heterocycles. The van der Waals surface area contributed by atoms with E-state index in [0.717, 1.165) is 0 Å². The summed E-state index contributed by atoms with van der Waals surface area (Å²) >= 11 is 0. The smallest absolute Gasteiger partial charge is 0.326 e. The third-order valence-electron chi connectivity index (χ3n) is 3.63. The van der Waals surface area contributed by atoms with Crippen LogP contribution in [0.15, 0.2) is 24.3 Å². The molecule has 108 valence electrons. The predicted molar refractivity (Wildman–Crippen MR) is 73.9 cm³/mol. The lowest BCUT2D eigenvalue weighted by Gasteiger charge is -2.24. The van der Waals surface area contributed by atoms with Crippen LogP contribution in [0.5, 0.6) is 5.75 Å². The molecule has 0 aliphatic carbocycles. The minimum absolute atomic E-state index is 0.0318. The predicted octanol–water partition coefficient (Wildman–Crippen LogP) is 2.02. The van der Waals surface area contributed by atoms with E-state index in [4.69, 9.17) is 4.74 Å². The molecular weight excluding hydrogens is 258 g/mol. The van der Waals surface area contributed by atoms with E-state index in [2.05, 4.69) is 0 Å². The molecule has 0 aromatic heterocycles. The number of carboxylic acids is 1. The summed E-state index contributed by atoms with van der Waals surface area (Å²) in [7, 11) is 0. The molecular formula is C15H19NO4. The van der Waals surface area contributed by atoms with Gasteiger partial charge in [-0.3, -0.25) is 4.79 Å². The summed E-state index contributed by atoms with van der Waals surface area (Å²) in [6.45, 7) is 4.64. The van der Waals surface area contributed by atoms with Crippen molar-refractivity contribution in [3.63, 3.8) is 0 Å². The molecule has 1 aliphatic rings. The minimum atomic E-state index is -0.947. The quantitative estimate of drug-likeness (QED) is 0.914. The maximum atomic E-state index is 12.6. The number of carbonyl (C=O) groups is 2. The standard InChI is InChI=1S/C15H19NO4/c1-3-20-12-7-5-4-6-11(12)14(17)16-9-8-10(2)13(16)15(18)19/h4-7,10,13H,3,8-9H2,1-2H3,(H,18,19). The molecule has 1 aromatic rings. The van der Waals surface area contributed by atoms with Gasteiger partial charge in [0.1, 0.15) is 11.8 Å². The third kappa shape index (κ3) is 2.61. The number of nitrogens with zero attached hydrogens (tertiary/aromatic N) is 1. The average molecular weight is 277 g/mol. The number of amides is 1. The lowest BCUT2D eigenvalue weighted by Crippen LogP contribution is -2.42. The number of para-hydroxylation sites is 1. The van der Waals surface area contributed by atoms with Crippen molar-refractivity contribution in [2.45, 2.75) is 26.3 Å². The Balaban J connectivity index is 2.29. The fourth-order valence-corrected chi connectivity index (χ4v) is 2.63. The van der Waals surface area contributed by atoms with Crippen LogP contribution in [-0.4, -0.2) is 41.1 Å². The molecule has 1 saturated heterocycles. The van der Waals surface area contributed by atoms with Gasteiger partial charge < -0.3 is 14.7 Å². The number of aliphatic carboxylic acids is 1. The molecule has 2 atom stereocenters. The van der Waals surface area contributed by atoms with E-state index in [1.54, 1.807) is 24.3 Å². The van der Waals surface area contributed by atoms with Crippen molar-refractivity contribution in [3.8, 4) is 5.75 Å². The Morgan fingerprint density at radius 3 is 2.75 bits per heavy atom. The van der Waals surface area contributed by atoms with E-state index < -0.39 is 12.0 Å². The first-order valence-electron chi connectivity index (χ1n) is 6.81. The van der Waals surface area contributed by atoms with Gasteiger partial charge in [0.15, 0.2) is 0 Å². The van der Waals surface area contributed by atoms with Gasteiger partial charge in [-0.2, -0.15) is 0 Å². The van der Waals surface area contributed by atoms with E-state index in [-0.39, 0.29) is 11.8 Å². The van der Waals surface area contributed by atoms with Crippen molar-refractivity contribution >= 4 is 11.9 Å². The molecule has 20 heavy (non-hydrogen) atoms. The van der Waals surface area contributed by atoms with Crippen molar-refractivity contribution in [1.29, 1.82) is 0 Å². The summed E-state index contributed by atoms with van der Waals surface area (Å²) < 4.78 is 5.45. The van der Waals surface area contributed by atoms with Gasteiger partial charge in [-0.15, -0.1) is 0 Å². The Morgan fingerprint density at radius 2 is 2.10 bits per heavy atom. The summed E-state index contributed by atoms with van der Waals surface area (Å²) in [5.74, 6) is -0.748. The monoisotopic (exact) mass is 277 g/mol. The minimum Gasteiger partial charge on any atom is -0.493 e. The van der Waals surface area contributed by atoms with Crippen LogP contribution < -0.4 is 4.74 Å². The van der Waals surface area contributed by atoms with Gasteiger partial charge >= 0.3 is 5.97 Å². The second kappa shape index (κ2) is 5.94.